The number of phosphoric ester groups is 2. The first-order valence-corrected chi connectivity index (χ1v) is 40.4. The molecule has 0 heterocycles. The molecule has 0 aromatic rings. The minimum atomic E-state index is -4.96. The van der Waals surface area contributed by atoms with Crippen LogP contribution in [0.3, 0.4) is 0 Å². The van der Waals surface area contributed by atoms with Crippen molar-refractivity contribution in [3.05, 3.63) is 170 Å². The van der Waals surface area contributed by atoms with Crippen molar-refractivity contribution in [3.63, 3.8) is 0 Å². The zero-order valence-corrected chi connectivity index (χ0v) is 62.9. The number of carbonyl (C=O) groups is 3. The average molecular weight is 1420 g/mol. The SMILES string of the molecule is CC/C=C\C/C=C\C/C=C\C/C=C\C/C=C\CCCCCCCCCCCC(=O)OCC(O)COP(=O)(O)OCC(O)COP(=O)(O)OCC(COC(=O)CCCCCCC/C=C\C/C=C\C/C=C\C/C=C\CCCCC)OC(=O)CCC/C=C\C/C=C\C/C=C\C/C=C\C/C=C\CC. The third-order valence-electron chi connectivity index (χ3n) is 14.9. The largest absolute Gasteiger partial charge is 0.472 e. The molecule has 0 amide bonds. The van der Waals surface area contributed by atoms with E-state index in [1.165, 1.54) is 44.9 Å². The molecule has 5 unspecified atom stereocenters. The average Bonchev–Trinajstić information content (AvgIpc) is 2.07. The van der Waals surface area contributed by atoms with Crippen LogP contribution >= 0.6 is 15.6 Å². The highest BCUT2D eigenvalue weighted by Gasteiger charge is 2.29. The summed E-state index contributed by atoms with van der Waals surface area (Å²) in [6.07, 6.45) is 91.2. The van der Waals surface area contributed by atoms with E-state index in [1.807, 2.05) is 12.2 Å². The molecule has 0 aliphatic rings. The molecule has 18 heteroatoms. The molecule has 562 valence electrons. The van der Waals surface area contributed by atoms with Gasteiger partial charge in [0.05, 0.1) is 26.4 Å². The van der Waals surface area contributed by atoms with E-state index in [9.17, 15) is 43.5 Å². The lowest BCUT2D eigenvalue weighted by Crippen LogP contribution is -2.30. The maximum absolute atomic E-state index is 12.9. The van der Waals surface area contributed by atoms with E-state index in [4.69, 9.17) is 32.3 Å². The van der Waals surface area contributed by atoms with Crippen LogP contribution in [0.2, 0.25) is 0 Å². The normalized spacial score (nSPS) is 15.0. The van der Waals surface area contributed by atoms with Gasteiger partial charge in [0, 0.05) is 19.3 Å². The molecule has 0 saturated carbocycles. The van der Waals surface area contributed by atoms with E-state index in [1.54, 1.807) is 0 Å². The number of unbranched alkanes of at least 4 members (excludes halogenated alkanes) is 18. The fraction of sp³-hybridized carbons (Fsp3) is 0.617. The highest BCUT2D eigenvalue weighted by Crippen LogP contribution is 2.45. The maximum Gasteiger partial charge on any atom is 0.472 e. The Morgan fingerprint density at radius 1 is 0.293 bits per heavy atom. The first kappa shape index (κ1) is 93.9. The molecule has 0 bridgehead atoms. The Morgan fingerprint density at radius 2 is 0.545 bits per heavy atom. The van der Waals surface area contributed by atoms with Crippen molar-refractivity contribution < 1.29 is 75.8 Å². The molecule has 0 aromatic carbocycles. The van der Waals surface area contributed by atoms with Crippen molar-refractivity contribution >= 4 is 33.6 Å². The third-order valence-corrected chi connectivity index (χ3v) is 16.8. The second-order valence-corrected chi connectivity index (χ2v) is 27.2. The van der Waals surface area contributed by atoms with Gasteiger partial charge in [-0.2, -0.15) is 0 Å². The second kappa shape index (κ2) is 72.7. The third kappa shape index (κ3) is 73.9. The predicted molar refractivity (Wildman–Crippen MR) is 408 cm³/mol. The Hall–Kier alpha value is -5.09. The summed E-state index contributed by atoms with van der Waals surface area (Å²) in [5.74, 6) is -1.68. The predicted octanol–water partition coefficient (Wildman–Crippen LogP) is 21.6. The van der Waals surface area contributed by atoms with Crippen molar-refractivity contribution in [2.45, 2.75) is 283 Å². The van der Waals surface area contributed by atoms with Gasteiger partial charge < -0.3 is 34.2 Å². The van der Waals surface area contributed by atoms with Gasteiger partial charge in [-0.05, 0) is 148 Å². The maximum atomic E-state index is 12.9. The van der Waals surface area contributed by atoms with Gasteiger partial charge in [0.2, 0.25) is 0 Å². The molecular formula is C81H132O16P2. The summed E-state index contributed by atoms with van der Waals surface area (Å²) in [4.78, 5) is 58.6. The molecule has 0 aliphatic heterocycles. The lowest BCUT2D eigenvalue weighted by Gasteiger charge is -2.21. The fourth-order valence-electron chi connectivity index (χ4n) is 9.26. The Balaban J connectivity index is 4.71. The summed E-state index contributed by atoms with van der Waals surface area (Å²) in [7, 11) is -9.83. The highest BCUT2D eigenvalue weighted by atomic mass is 31.2. The molecule has 0 aliphatic carbocycles. The van der Waals surface area contributed by atoms with Crippen molar-refractivity contribution in [3.8, 4) is 0 Å². The van der Waals surface area contributed by atoms with Crippen molar-refractivity contribution in [2.75, 3.05) is 39.6 Å². The van der Waals surface area contributed by atoms with Crippen LogP contribution in [0.25, 0.3) is 0 Å². The summed E-state index contributed by atoms with van der Waals surface area (Å²) in [6, 6.07) is 0. The molecular weight excluding hydrogens is 1290 g/mol. The van der Waals surface area contributed by atoms with Gasteiger partial charge in [0.25, 0.3) is 0 Å². The van der Waals surface area contributed by atoms with Crippen LogP contribution in [0.1, 0.15) is 265 Å². The van der Waals surface area contributed by atoms with Crippen molar-refractivity contribution in [2.24, 2.45) is 0 Å². The van der Waals surface area contributed by atoms with Crippen LogP contribution in [0.5, 0.6) is 0 Å². The lowest BCUT2D eigenvalue weighted by molar-refractivity contribution is -0.161. The number of allylic oxidation sites excluding steroid dienone is 28. The van der Waals surface area contributed by atoms with Gasteiger partial charge in [-0.25, -0.2) is 9.13 Å². The van der Waals surface area contributed by atoms with Gasteiger partial charge >= 0.3 is 33.6 Å². The lowest BCUT2D eigenvalue weighted by atomic mass is 10.1. The van der Waals surface area contributed by atoms with E-state index >= 15 is 0 Å². The van der Waals surface area contributed by atoms with Crippen LogP contribution in [0, 0.1) is 0 Å². The Morgan fingerprint density at radius 3 is 0.879 bits per heavy atom. The van der Waals surface area contributed by atoms with E-state index in [0.717, 1.165) is 154 Å². The van der Waals surface area contributed by atoms with Crippen LogP contribution < -0.4 is 0 Å². The molecule has 16 nitrogen and oxygen atoms in total. The van der Waals surface area contributed by atoms with Crippen molar-refractivity contribution in [1.82, 2.24) is 0 Å². The number of hydrogen-bond acceptors (Lipinski definition) is 14. The Bertz CT molecular complexity index is 2480. The standard InChI is InChI=1S/C81H132O16P2/c1-4-7-10-13-16-19-22-25-28-31-33-35-36-37-38-40-42-44-46-49-52-55-58-61-64-67-79(84)91-70-76(82)71-93-98(87,88)94-72-77(83)73-95-99(89,90)96-75-78(97-81(86)69-66-63-60-57-54-51-48-43-30-27-24-21-18-15-12-9-6-3)74-92-80(85)68-65-62-59-56-53-50-47-45-41-39-34-32-29-26-23-20-17-14-11-8-5-2/h7,9-10,12,16-21,25-30,33-35,37-39,45,47-48,51,57,60,76-78,82-83H,4-6,8,11,13-15,22-24,31-32,36,40-44,46,49-50,52-56,58-59,61-75H2,1-3H3,(H,87,88)(H,89,90)/b10-7-,12-9-,19-16-,20-17-,21-18-,28-25-,29-26-,30-27-,35-33-,38-37-,39-34-,47-45-,51-48-,60-57-. The number of carbonyl (C=O) groups excluding carboxylic acids is 3. The number of aliphatic hydroxyl groups excluding tert-OH is 2. The smallest absolute Gasteiger partial charge is 0.463 e. The summed E-state index contributed by atoms with van der Waals surface area (Å²) < 4.78 is 61.0. The zero-order chi connectivity index (χ0) is 72.3. The Labute approximate surface area is 599 Å². The number of rotatable bonds is 69. The fourth-order valence-corrected chi connectivity index (χ4v) is 10.8. The number of phosphoric acid groups is 2. The van der Waals surface area contributed by atoms with Gasteiger partial charge in [-0.3, -0.25) is 32.5 Å². The highest BCUT2D eigenvalue weighted by molar-refractivity contribution is 7.47. The molecule has 0 aromatic heterocycles. The van der Waals surface area contributed by atoms with Gasteiger partial charge in [-0.1, -0.05) is 268 Å². The topological polar surface area (TPSA) is 231 Å². The Kier molecular flexibility index (Phi) is 69.0. The first-order valence-electron chi connectivity index (χ1n) is 37.4. The van der Waals surface area contributed by atoms with E-state index in [-0.39, 0.29) is 19.3 Å². The first-order chi connectivity index (χ1) is 48.2. The number of ether oxygens (including phenoxy) is 3. The van der Waals surface area contributed by atoms with Crippen molar-refractivity contribution in [1.29, 1.82) is 0 Å². The van der Waals surface area contributed by atoms with E-state index < -0.39 is 91.5 Å². The number of aliphatic hydroxyl groups is 2. The molecule has 0 spiro atoms. The zero-order valence-electron chi connectivity index (χ0n) is 61.1. The molecule has 0 radical (unpaired) electrons. The van der Waals surface area contributed by atoms with Crippen LogP contribution in [0.15, 0.2) is 170 Å². The van der Waals surface area contributed by atoms with Crippen LogP contribution in [-0.4, -0.2) is 95.9 Å². The van der Waals surface area contributed by atoms with Gasteiger partial charge in [0.1, 0.15) is 25.4 Å². The number of hydrogen-bond donors (Lipinski definition) is 4. The molecule has 4 N–H and O–H groups in total. The van der Waals surface area contributed by atoms with Gasteiger partial charge in [-0.15, -0.1) is 0 Å². The van der Waals surface area contributed by atoms with Crippen LogP contribution in [0.4, 0.5) is 0 Å². The summed E-state index contributed by atoms with van der Waals surface area (Å²) >= 11 is 0. The van der Waals surface area contributed by atoms with E-state index in [2.05, 4.69) is 179 Å². The summed E-state index contributed by atoms with van der Waals surface area (Å²) in [5, 5.41) is 20.6. The molecule has 5 atom stereocenters. The van der Waals surface area contributed by atoms with E-state index in [0.29, 0.717) is 25.7 Å². The quantitative estimate of drug-likeness (QED) is 0.0146. The minimum Gasteiger partial charge on any atom is -0.463 e. The molecule has 0 rings (SSSR count). The minimum absolute atomic E-state index is 0.0154. The summed E-state index contributed by atoms with van der Waals surface area (Å²) in [6.45, 7) is 2.30. The molecule has 0 fully saturated rings. The van der Waals surface area contributed by atoms with Crippen LogP contribution in [-0.2, 0) is 55.8 Å². The second-order valence-electron chi connectivity index (χ2n) is 24.3. The number of esters is 3. The summed E-state index contributed by atoms with van der Waals surface area (Å²) in [5.41, 5.74) is 0. The monoisotopic (exact) mass is 1420 g/mol. The molecule has 99 heavy (non-hydrogen) atoms. The van der Waals surface area contributed by atoms with Gasteiger partial charge in [0.15, 0.2) is 6.10 Å². The molecule has 0 saturated heterocycles.